The van der Waals surface area contributed by atoms with Crippen LogP contribution >= 0.6 is 0 Å². The van der Waals surface area contributed by atoms with E-state index >= 15 is 0 Å². The van der Waals surface area contributed by atoms with Gasteiger partial charge in [0.2, 0.25) is 0 Å². The van der Waals surface area contributed by atoms with Crippen molar-refractivity contribution in [3.05, 3.63) is 71.4 Å². The highest BCUT2D eigenvalue weighted by atomic mass is 16.3. The molecule has 0 radical (unpaired) electrons. The van der Waals surface area contributed by atoms with Crippen LogP contribution in [0.3, 0.4) is 0 Å². The van der Waals surface area contributed by atoms with Crippen molar-refractivity contribution in [3.63, 3.8) is 0 Å². The largest absolute Gasteiger partial charge is 0.507 e. The third-order valence-corrected chi connectivity index (χ3v) is 3.57. The Balaban J connectivity index is 2.79. The fourth-order valence-corrected chi connectivity index (χ4v) is 2.82. The van der Waals surface area contributed by atoms with Crippen molar-refractivity contribution in [1.29, 1.82) is 0 Å². The lowest BCUT2D eigenvalue weighted by Gasteiger charge is -2.12. The maximum absolute atomic E-state index is 10.2. The zero-order valence-electron chi connectivity index (χ0n) is 12.1. The Labute approximate surface area is 121 Å². The molecule has 0 atom stereocenters. The van der Waals surface area contributed by atoms with Crippen LogP contribution in [-0.4, -0.2) is 5.11 Å². The third kappa shape index (κ3) is 2.16. The van der Waals surface area contributed by atoms with Crippen LogP contribution in [0, 0.1) is 0 Å². The zero-order chi connectivity index (χ0) is 14.7. The SMILES string of the molecule is C=CC1=C(/C=C\C)Cc2cc(O)c(/C=C\C)c(C=C)c21. The summed E-state index contributed by atoms with van der Waals surface area (Å²) >= 11 is 0. The predicted octanol–water partition coefficient (Wildman–Crippen LogP) is 5.14. The Morgan fingerprint density at radius 2 is 1.75 bits per heavy atom. The first-order valence-electron chi connectivity index (χ1n) is 6.80. The van der Waals surface area contributed by atoms with Crippen LogP contribution < -0.4 is 0 Å². The fourth-order valence-electron chi connectivity index (χ4n) is 2.82. The van der Waals surface area contributed by atoms with Gasteiger partial charge in [0.05, 0.1) is 0 Å². The Morgan fingerprint density at radius 3 is 2.30 bits per heavy atom. The molecule has 0 saturated carbocycles. The lowest BCUT2D eigenvalue weighted by Crippen LogP contribution is -1.93. The summed E-state index contributed by atoms with van der Waals surface area (Å²) in [5.74, 6) is 0.307. The van der Waals surface area contributed by atoms with E-state index in [0.29, 0.717) is 5.75 Å². The average Bonchev–Trinajstić information content (AvgIpc) is 2.77. The molecule has 0 fully saturated rings. The molecule has 0 spiro atoms. The van der Waals surface area contributed by atoms with Crippen molar-refractivity contribution in [2.45, 2.75) is 20.3 Å². The number of phenols is 1. The minimum atomic E-state index is 0.307. The van der Waals surface area contributed by atoms with Gasteiger partial charge in [-0.05, 0) is 54.2 Å². The molecular weight excluding hydrogens is 244 g/mol. The molecule has 0 unspecified atom stereocenters. The van der Waals surface area contributed by atoms with E-state index in [1.807, 2.05) is 50.3 Å². The molecule has 0 saturated heterocycles. The highest BCUT2D eigenvalue weighted by Crippen LogP contribution is 2.42. The molecule has 1 heteroatoms. The second-order valence-corrected chi connectivity index (χ2v) is 4.78. The number of rotatable bonds is 4. The summed E-state index contributed by atoms with van der Waals surface area (Å²) in [6, 6.07) is 1.86. The Hall–Kier alpha value is -2.28. The summed E-state index contributed by atoms with van der Waals surface area (Å²) in [6.07, 6.45) is 12.5. The van der Waals surface area contributed by atoms with Gasteiger partial charge in [0, 0.05) is 5.56 Å². The summed E-state index contributed by atoms with van der Waals surface area (Å²) in [5, 5.41) is 10.2. The van der Waals surface area contributed by atoms with Gasteiger partial charge in [-0.2, -0.15) is 0 Å². The minimum absolute atomic E-state index is 0.307. The van der Waals surface area contributed by atoms with Gasteiger partial charge in [0.15, 0.2) is 0 Å². The van der Waals surface area contributed by atoms with E-state index in [9.17, 15) is 5.11 Å². The van der Waals surface area contributed by atoms with Crippen LogP contribution in [-0.2, 0) is 6.42 Å². The van der Waals surface area contributed by atoms with Crippen LogP contribution in [0.15, 0.2) is 49.1 Å². The number of aromatic hydroxyl groups is 1. The maximum atomic E-state index is 10.2. The van der Waals surface area contributed by atoms with E-state index in [2.05, 4.69) is 19.2 Å². The van der Waals surface area contributed by atoms with Crippen molar-refractivity contribution in [2.75, 3.05) is 0 Å². The first kappa shape index (κ1) is 14.1. The molecule has 1 nitrogen and oxygen atoms in total. The second-order valence-electron chi connectivity index (χ2n) is 4.78. The lowest BCUT2D eigenvalue weighted by atomic mass is 9.93. The number of phenolic OH excluding ortho intramolecular Hbond substituents is 1. The third-order valence-electron chi connectivity index (χ3n) is 3.57. The maximum Gasteiger partial charge on any atom is 0.123 e. The minimum Gasteiger partial charge on any atom is -0.507 e. The Morgan fingerprint density at radius 1 is 1.05 bits per heavy atom. The first-order chi connectivity index (χ1) is 9.67. The highest BCUT2D eigenvalue weighted by molar-refractivity contribution is 5.92. The van der Waals surface area contributed by atoms with Gasteiger partial charge in [-0.15, -0.1) is 0 Å². The smallest absolute Gasteiger partial charge is 0.123 e. The summed E-state index contributed by atoms with van der Waals surface area (Å²) in [5.41, 5.74) is 6.45. The summed E-state index contributed by atoms with van der Waals surface area (Å²) in [4.78, 5) is 0. The summed E-state index contributed by atoms with van der Waals surface area (Å²) < 4.78 is 0. The van der Waals surface area contributed by atoms with E-state index in [1.165, 1.54) is 5.57 Å². The number of benzene rings is 1. The van der Waals surface area contributed by atoms with Gasteiger partial charge in [-0.1, -0.05) is 49.6 Å². The fraction of sp³-hybridized carbons (Fsp3) is 0.158. The Bertz CT molecular complexity index is 655. The van der Waals surface area contributed by atoms with Crippen molar-refractivity contribution in [2.24, 2.45) is 0 Å². The molecule has 1 aliphatic rings. The van der Waals surface area contributed by atoms with Gasteiger partial charge < -0.3 is 5.11 Å². The van der Waals surface area contributed by atoms with Crippen molar-refractivity contribution in [1.82, 2.24) is 0 Å². The van der Waals surface area contributed by atoms with Crippen LogP contribution in [0.25, 0.3) is 17.7 Å². The van der Waals surface area contributed by atoms with E-state index in [4.69, 9.17) is 0 Å². The average molecular weight is 264 g/mol. The lowest BCUT2D eigenvalue weighted by molar-refractivity contribution is 0.473. The molecular formula is C19H20O. The Kier molecular flexibility index (Phi) is 4.09. The monoisotopic (exact) mass is 264 g/mol. The van der Waals surface area contributed by atoms with Crippen molar-refractivity contribution >= 4 is 17.7 Å². The highest BCUT2D eigenvalue weighted by Gasteiger charge is 2.23. The molecule has 0 aliphatic heterocycles. The molecule has 1 aromatic rings. The molecule has 0 bridgehead atoms. The topological polar surface area (TPSA) is 20.2 Å². The molecule has 0 amide bonds. The molecule has 2 rings (SSSR count). The van der Waals surface area contributed by atoms with Gasteiger partial charge >= 0.3 is 0 Å². The second kappa shape index (κ2) is 5.79. The standard InChI is InChI=1S/C19H20O/c1-5-9-13-11-14-12-18(20)17(10-6-2)16(8-4)19(14)15(13)7-3/h5-10,12,20H,3-4,11H2,1-2H3/b9-5-,10-6-. The molecule has 1 N–H and O–H groups in total. The van der Waals surface area contributed by atoms with Crippen LogP contribution in [0.4, 0.5) is 0 Å². The van der Waals surface area contributed by atoms with Crippen LogP contribution in [0.2, 0.25) is 0 Å². The number of fused-ring (bicyclic) bond motifs is 1. The predicted molar refractivity (Wildman–Crippen MR) is 88.5 cm³/mol. The summed E-state index contributed by atoms with van der Waals surface area (Å²) in [7, 11) is 0. The number of hydrogen-bond donors (Lipinski definition) is 1. The van der Waals surface area contributed by atoms with Gasteiger partial charge in [0.25, 0.3) is 0 Å². The van der Waals surface area contributed by atoms with Crippen molar-refractivity contribution < 1.29 is 5.11 Å². The summed E-state index contributed by atoms with van der Waals surface area (Å²) in [6.45, 7) is 11.8. The van der Waals surface area contributed by atoms with Crippen molar-refractivity contribution in [3.8, 4) is 5.75 Å². The molecule has 1 aromatic carbocycles. The van der Waals surface area contributed by atoms with E-state index in [0.717, 1.165) is 34.2 Å². The van der Waals surface area contributed by atoms with E-state index < -0.39 is 0 Å². The van der Waals surface area contributed by atoms with Crippen LogP contribution in [0.5, 0.6) is 5.75 Å². The van der Waals surface area contributed by atoms with E-state index in [-0.39, 0.29) is 0 Å². The van der Waals surface area contributed by atoms with Gasteiger partial charge in [0.1, 0.15) is 5.75 Å². The van der Waals surface area contributed by atoms with Gasteiger partial charge in [-0.25, -0.2) is 0 Å². The van der Waals surface area contributed by atoms with Gasteiger partial charge in [-0.3, -0.25) is 0 Å². The molecule has 20 heavy (non-hydrogen) atoms. The zero-order valence-corrected chi connectivity index (χ0v) is 12.1. The molecule has 0 heterocycles. The number of allylic oxidation sites excluding steroid dienone is 6. The number of hydrogen-bond acceptors (Lipinski definition) is 1. The molecule has 0 aromatic heterocycles. The van der Waals surface area contributed by atoms with Crippen LogP contribution in [0.1, 0.15) is 36.1 Å². The first-order valence-corrected chi connectivity index (χ1v) is 6.80. The van der Waals surface area contributed by atoms with E-state index in [1.54, 1.807) is 0 Å². The molecule has 102 valence electrons. The molecule has 1 aliphatic carbocycles. The quantitative estimate of drug-likeness (QED) is 0.798. The normalized spacial score (nSPS) is 14.3.